The molecule has 5 aliphatic rings. The Bertz CT molecular complexity index is 850. The first-order valence-electron chi connectivity index (χ1n) is 9.95. The lowest BCUT2D eigenvalue weighted by Crippen LogP contribution is -2.66. The molecule has 0 amide bonds. The number of esters is 1. The number of carbonyl (C=O) groups is 1. The fraction of sp³-hybridized carbons (Fsp3) is 0.591. The van der Waals surface area contributed by atoms with Crippen molar-refractivity contribution in [2.45, 2.75) is 37.3 Å². The predicted octanol–water partition coefficient (Wildman–Crippen LogP) is 2.94. The molecule has 0 aromatic heterocycles. The highest BCUT2D eigenvalue weighted by Crippen LogP contribution is 2.69. The van der Waals surface area contributed by atoms with Gasteiger partial charge in [0.2, 0.25) is 0 Å². The van der Waals surface area contributed by atoms with Gasteiger partial charge in [0, 0.05) is 31.2 Å². The van der Waals surface area contributed by atoms with Crippen LogP contribution < -0.4 is 9.64 Å². The van der Waals surface area contributed by atoms with Crippen molar-refractivity contribution < 1.29 is 14.3 Å². The molecule has 6 rings (SSSR count). The standard InChI is InChI=1S/C22H28N2O3/c1-5-14-13-24-11-10-21-17-12-15(26-3)6-7-18(17)23(2)22(21,24)9-8-16(14)19(21)20(25)27-4/h5-7,12,16,19H,8-11,13H2,1-4H3/t16?,19?,21?,22-/m0/s1. The molecular weight excluding hydrogens is 340 g/mol. The number of rotatable bonds is 2. The molecule has 3 saturated heterocycles. The second-order valence-corrected chi connectivity index (χ2v) is 8.41. The minimum absolute atomic E-state index is 0.0590. The molecule has 4 unspecified atom stereocenters. The van der Waals surface area contributed by atoms with Gasteiger partial charge in [-0.25, -0.2) is 0 Å². The van der Waals surface area contributed by atoms with Crippen LogP contribution >= 0.6 is 0 Å². The van der Waals surface area contributed by atoms with E-state index in [0.717, 1.165) is 38.1 Å². The van der Waals surface area contributed by atoms with Gasteiger partial charge in [0.15, 0.2) is 0 Å². The third kappa shape index (κ3) is 1.73. The van der Waals surface area contributed by atoms with E-state index in [2.05, 4.69) is 42.0 Å². The highest BCUT2D eigenvalue weighted by molar-refractivity contribution is 5.82. The van der Waals surface area contributed by atoms with E-state index in [4.69, 9.17) is 9.47 Å². The quantitative estimate of drug-likeness (QED) is 0.593. The molecule has 4 aliphatic heterocycles. The molecule has 1 aliphatic carbocycles. The molecule has 4 heterocycles. The lowest BCUT2D eigenvalue weighted by molar-refractivity contribution is -0.154. The molecule has 5 atom stereocenters. The maximum Gasteiger partial charge on any atom is 0.310 e. The Morgan fingerprint density at radius 1 is 1.30 bits per heavy atom. The summed E-state index contributed by atoms with van der Waals surface area (Å²) in [6.45, 7) is 4.08. The predicted molar refractivity (Wildman–Crippen MR) is 104 cm³/mol. The van der Waals surface area contributed by atoms with Crippen LogP contribution in [0.25, 0.3) is 0 Å². The Labute approximate surface area is 160 Å². The Kier molecular flexibility index (Phi) is 3.49. The topological polar surface area (TPSA) is 42.0 Å². The molecule has 144 valence electrons. The Morgan fingerprint density at radius 2 is 2.11 bits per heavy atom. The summed E-state index contributed by atoms with van der Waals surface area (Å²) in [5.41, 5.74) is 3.51. The van der Waals surface area contributed by atoms with Gasteiger partial charge in [-0.2, -0.15) is 0 Å². The molecule has 4 bridgehead atoms. The first-order chi connectivity index (χ1) is 13.0. The lowest BCUT2D eigenvalue weighted by atomic mass is 9.54. The zero-order chi connectivity index (χ0) is 19.0. The molecule has 27 heavy (non-hydrogen) atoms. The monoisotopic (exact) mass is 368 g/mol. The van der Waals surface area contributed by atoms with Crippen molar-refractivity contribution in [3.05, 3.63) is 35.4 Å². The van der Waals surface area contributed by atoms with Crippen molar-refractivity contribution in [2.75, 3.05) is 39.3 Å². The number of allylic oxidation sites excluding steroid dienone is 1. The van der Waals surface area contributed by atoms with Crippen molar-refractivity contribution in [1.29, 1.82) is 0 Å². The smallest absolute Gasteiger partial charge is 0.310 e. The van der Waals surface area contributed by atoms with Crippen LogP contribution in [0.2, 0.25) is 0 Å². The van der Waals surface area contributed by atoms with Gasteiger partial charge in [-0.1, -0.05) is 11.6 Å². The Balaban J connectivity index is 1.84. The second kappa shape index (κ2) is 5.51. The maximum atomic E-state index is 13.2. The molecule has 4 fully saturated rings. The summed E-state index contributed by atoms with van der Waals surface area (Å²) in [7, 11) is 5.46. The van der Waals surface area contributed by atoms with E-state index < -0.39 is 0 Å². The first-order valence-corrected chi connectivity index (χ1v) is 9.95. The lowest BCUT2D eigenvalue weighted by Gasteiger charge is -2.54. The largest absolute Gasteiger partial charge is 0.497 e. The van der Waals surface area contributed by atoms with E-state index in [9.17, 15) is 4.79 Å². The number of nitrogens with zero attached hydrogens (tertiary/aromatic N) is 2. The summed E-state index contributed by atoms with van der Waals surface area (Å²) in [4.78, 5) is 18.3. The van der Waals surface area contributed by atoms with Crippen LogP contribution in [0.15, 0.2) is 29.8 Å². The van der Waals surface area contributed by atoms with E-state index in [1.807, 2.05) is 6.07 Å². The molecule has 5 nitrogen and oxygen atoms in total. The van der Waals surface area contributed by atoms with Crippen LogP contribution in [-0.4, -0.2) is 50.9 Å². The molecular formula is C22H28N2O3. The van der Waals surface area contributed by atoms with Gasteiger partial charge in [0.25, 0.3) is 0 Å². The number of likely N-dealkylation sites (N-methyl/N-ethyl adjacent to an activating group) is 1. The van der Waals surface area contributed by atoms with Crippen molar-refractivity contribution >= 4 is 11.7 Å². The summed E-state index contributed by atoms with van der Waals surface area (Å²) in [6, 6.07) is 6.38. The summed E-state index contributed by atoms with van der Waals surface area (Å²) < 4.78 is 11.0. The number of carbonyl (C=O) groups excluding carboxylic acids is 1. The van der Waals surface area contributed by atoms with Crippen molar-refractivity contribution in [1.82, 2.24) is 4.90 Å². The van der Waals surface area contributed by atoms with Gasteiger partial charge in [0.1, 0.15) is 11.4 Å². The molecule has 0 N–H and O–H groups in total. The number of fused-ring (bicyclic) bond motifs is 3. The van der Waals surface area contributed by atoms with E-state index in [1.54, 1.807) is 7.11 Å². The zero-order valence-electron chi connectivity index (χ0n) is 16.6. The van der Waals surface area contributed by atoms with Gasteiger partial charge in [-0.15, -0.1) is 0 Å². The normalized spacial score (nSPS) is 39.9. The molecule has 1 spiro atoms. The highest BCUT2D eigenvalue weighted by Gasteiger charge is 2.75. The van der Waals surface area contributed by atoms with Gasteiger partial charge in [-0.05, 0) is 55.9 Å². The first kappa shape index (κ1) is 17.1. The molecule has 5 heteroatoms. The number of hydrogen-bond donors (Lipinski definition) is 0. The summed E-state index contributed by atoms with van der Waals surface area (Å²) >= 11 is 0. The third-order valence-electron chi connectivity index (χ3n) is 8.03. The van der Waals surface area contributed by atoms with Gasteiger partial charge < -0.3 is 14.4 Å². The Morgan fingerprint density at radius 3 is 2.81 bits per heavy atom. The van der Waals surface area contributed by atoms with E-state index in [-0.39, 0.29) is 28.9 Å². The summed E-state index contributed by atoms with van der Waals surface area (Å²) in [6.07, 6.45) is 5.34. The molecule has 0 radical (unpaired) electrons. The van der Waals surface area contributed by atoms with Gasteiger partial charge in [-0.3, -0.25) is 9.69 Å². The fourth-order valence-electron chi connectivity index (χ4n) is 7.06. The third-order valence-corrected chi connectivity index (χ3v) is 8.03. The van der Waals surface area contributed by atoms with Crippen molar-refractivity contribution in [3.63, 3.8) is 0 Å². The fourth-order valence-corrected chi connectivity index (χ4v) is 7.06. The summed E-state index contributed by atoms with van der Waals surface area (Å²) in [5.74, 6) is 0.912. The average Bonchev–Trinajstić information content (AvgIpc) is 3.03. The van der Waals surface area contributed by atoms with Crippen LogP contribution in [0.1, 0.15) is 31.7 Å². The van der Waals surface area contributed by atoms with Gasteiger partial charge in [0.05, 0.1) is 20.1 Å². The van der Waals surface area contributed by atoms with Crippen LogP contribution in [0.4, 0.5) is 5.69 Å². The maximum absolute atomic E-state index is 13.2. The number of benzene rings is 1. The van der Waals surface area contributed by atoms with E-state index in [1.165, 1.54) is 23.9 Å². The van der Waals surface area contributed by atoms with Gasteiger partial charge >= 0.3 is 5.97 Å². The number of hydrogen-bond acceptors (Lipinski definition) is 5. The zero-order valence-corrected chi connectivity index (χ0v) is 16.6. The van der Waals surface area contributed by atoms with Crippen molar-refractivity contribution in [3.8, 4) is 5.75 Å². The summed E-state index contributed by atoms with van der Waals surface area (Å²) in [5, 5.41) is 0. The number of ether oxygens (including phenoxy) is 2. The number of anilines is 1. The van der Waals surface area contributed by atoms with Crippen molar-refractivity contribution in [2.24, 2.45) is 11.8 Å². The van der Waals surface area contributed by atoms with Crippen LogP contribution in [0, 0.1) is 11.8 Å². The average molecular weight is 368 g/mol. The van der Waals surface area contributed by atoms with E-state index >= 15 is 0 Å². The molecule has 1 aromatic rings. The second-order valence-electron chi connectivity index (χ2n) is 8.41. The number of methoxy groups -OCH3 is 2. The SMILES string of the molecule is CC=C1CN2CCC34c5cc(OC)ccc5N(C)[C@@]23CCC1C4C(=O)OC. The van der Waals surface area contributed by atoms with Crippen LogP contribution in [0.5, 0.6) is 5.75 Å². The molecule has 1 aromatic carbocycles. The molecule has 1 saturated carbocycles. The van der Waals surface area contributed by atoms with Crippen LogP contribution in [0.3, 0.4) is 0 Å². The minimum atomic E-state index is -0.244. The van der Waals surface area contributed by atoms with E-state index in [0.29, 0.717) is 0 Å². The minimum Gasteiger partial charge on any atom is -0.497 e. The highest BCUT2D eigenvalue weighted by atomic mass is 16.5. The van der Waals surface area contributed by atoms with Crippen LogP contribution in [-0.2, 0) is 14.9 Å². The Hall–Kier alpha value is -2.01.